The highest BCUT2D eigenvalue weighted by atomic mass is 127. The van der Waals surface area contributed by atoms with Crippen LogP contribution in [-0.2, 0) is 4.79 Å². The predicted octanol–water partition coefficient (Wildman–Crippen LogP) is 1.91. The standard InChI is InChI=1S/C14H20IN3O/c1-2-18(13-6-7-16-9-13)10-14(19)17-12-5-3-4-11(15)8-12/h3-5,8,13,16H,2,6-7,9-10H2,1H3,(H,17,19). The molecule has 0 saturated carbocycles. The molecule has 4 nitrogen and oxygen atoms in total. The van der Waals surface area contributed by atoms with Crippen LogP contribution in [0.4, 0.5) is 5.69 Å². The van der Waals surface area contributed by atoms with Crippen LogP contribution < -0.4 is 10.6 Å². The molecular formula is C14H20IN3O. The number of anilines is 1. The number of hydrogen-bond donors (Lipinski definition) is 2. The van der Waals surface area contributed by atoms with E-state index in [1.54, 1.807) is 0 Å². The van der Waals surface area contributed by atoms with E-state index in [9.17, 15) is 4.79 Å². The molecular weight excluding hydrogens is 353 g/mol. The first kappa shape index (κ1) is 14.7. The number of hydrogen-bond acceptors (Lipinski definition) is 3. The van der Waals surface area contributed by atoms with Crippen LogP contribution in [0.1, 0.15) is 13.3 Å². The number of likely N-dealkylation sites (N-methyl/N-ethyl adjacent to an activating group) is 1. The monoisotopic (exact) mass is 373 g/mol. The topological polar surface area (TPSA) is 44.4 Å². The molecule has 1 aliphatic rings. The Morgan fingerprint density at radius 1 is 1.58 bits per heavy atom. The first-order valence-electron chi connectivity index (χ1n) is 6.69. The molecule has 0 bridgehead atoms. The van der Waals surface area contributed by atoms with E-state index in [2.05, 4.69) is 45.0 Å². The molecule has 1 unspecified atom stereocenters. The van der Waals surface area contributed by atoms with Crippen molar-refractivity contribution in [2.75, 3.05) is 31.5 Å². The molecule has 1 aromatic carbocycles. The number of halogens is 1. The molecule has 1 amide bonds. The second-order valence-electron chi connectivity index (χ2n) is 4.77. The van der Waals surface area contributed by atoms with Gasteiger partial charge in [0, 0.05) is 21.8 Å². The zero-order valence-corrected chi connectivity index (χ0v) is 13.3. The summed E-state index contributed by atoms with van der Waals surface area (Å²) < 4.78 is 1.13. The lowest BCUT2D eigenvalue weighted by Crippen LogP contribution is -2.41. The minimum absolute atomic E-state index is 0.0655. The van der Waals surface area contributed by atoms with Crippen molar-refractivity contribution in [2.45, 2.75) is 19.4 Å². The highest BCUT2D eigenvalue weighted by Crippen LogP contribution is 2.13. The van der Waals surface area contributed by atoms with Gasteiger partial charge in [0.2, 0.25) is 5.91 Å². The van der Waals surface area contributed by atoms with Crippen LogP contribution in [-0.4, -0.2) is 43.0 Å². The summed E-state index contributed by atoms with van der Waals surface area (Å²) in [6.07, 6.45) is 1.13. The Labute approximate surface area is 128 Å². The largest absolute Gasteiger partial charge is 0.325 e. The van der Waals surface area contributed by atoms with Gasteiger partial charge in [-0.1, -0.05) is 13.0 Å². The van der Waals surface area contributed by atoms with E-state index in [0.29, 0.717) is 12.6 Å². The Morgan fingerprint density at radius 2 is 2.42 bits per heavy atom. The predicted molar refractivity (Wildman–Crippen MR) is 86.3 cm³/mol. The molecule has 1 saturated heterocycles. The molecule has 1 aliphatic heterocycles. The third-order valence-corrected chi connectivity index (χ3v) is 4.08. The van der Waals surface area contributed by atoms with Crippen LogP contribution >= 0.6 is 22.6 Å². The first-order valence-corrected chi connectivity index (χ1v) is 7.77. The third-order valence-electron chi connectivity index (χ3n) is 3.41. The third kappa shape index (κ3) is 4.43. The van der Waals surface area contributed by atoms with Crippen LogP contribution in [0.5, 0.6) is 0 Å². The average Bonchev–Trinajstić information content (AvgIpc) is 2.89. The fourth-order valence-corrected chi connectivity index (χ4v) is 2.94. The number of benzene rings is 1. The minimum Gasteiger partial charge on any atom is -0.325 e. The van der Waals surface area contributed by atoms with Crippen molar-refractivity contribution >= 4 is 34.2 Å². The number of amides is 1. The van der Waals surface area contributed by atoms with Crippen molar-refractivity contribution in [3.63, 3.8) is 0 Å². The van der Waals surface area contributed by atoms with Gasteiger partial charge in [-0.25, -0.2) is 0 Å². The number of carbonyl (C=O) groups excluding carboxylic acids is 1. The molecule has 0 aromatic heterocycles. The lowest BCUT2D eigenvalue weighted by atomic mass is 10.2. The van der Waals surface area contributed by atoms with Crippen molar-refractivity contribution in [2.24, 2.45) is 0 Å². The van der Waals surface area contributed by atoms with Gasteiger partial charge in [0.15, 0.2) is 0 Å². The maximum Gasteiger partial charge on any atom is 0.238 e. The van der Waals surface area contributed by atoms with Gasteiger partial charge >= 0.3 is 0 Å². The molecule has 5 heteroatoms. The molecule has 1 atom stereocenters. The Bertz CT molecular complexity index is 432. The van der Waals surface area contributed by atoms with Gasteiger partial charge in [-0.3, -0.25) is 9.69 Å². The van der Waals surface area contributed by atoms with Gasteiger partial charge in [0.05, 0.1) is 6.54 Å². The second kappa shape index (κ2) is 7.21. The molecule has 2 N–H and O–H groups in total. The molecule has 0 radical (unpaired) electrons. The van der Waals surface area contributed by atoms with E-state index >= 15 is 0 Å². The number of nitrogens with one attached hydrogen (secondary N) is 2. The fraction of sp³-hybridized carbons (Fsp3) is 0.500. The van der Waals surface area contributed by atoms with Gasteiger partial charge in [0.25, 0.3) is 0 Å². The van der Waals surface area contributed by atoms with Crippen molar-refractivity contribution in [3.05, 3.63) is 27.8 Å². The smallest absolute Gasteiger partial charge is 0.238 e. The summed E-state index contributed by atoms with van der Waals surface area (Å²) in [5.74, 6) is 0.0655. The highest BCUT2D eigenvalue weighted by Gasteiger charge is 2.22. The molecule has 1 aromatic rings. The molecule has 1 fully saturated rings. The van der Waals surface area contributed by atoms with Crippen molar-refractivity contribution < 1.29 is 4.79 Å². The summed E-state index contributed by atoms with van der Waals surface area (Å²) >= 11 is 2.25. The summed E-state index contributed by atoms with van der Waals surface area (Å²) in [4.78, 5) is 14.3. The van der Waals surface area contributed by atoms with Crippen molar-refractivity contribution in [3.8, 4) is 0 Å². The summed E-state index contributed by atoms with van der Waals surface area (Å²) in [6.45, 7) is 5.53. The normalized spacial score (nSPS) is 18.8. The molecule has 19 heavy (non-hydrogen) atoms. The quantitative estimate of drug-likeness (QED) is 0.776. The van der Waals surface area contributed by atoms with Crippen LogP contribution in [0.3, 0.4) is 0 Å². The number of rotatable bonds is 5. The van der Waals surface area contributed by atoms with Gasteiger partial charge in [-0.15, -0.1) is 0 Å². The fourth-order valence-electron chi connectivity index (χ4n) is 2.40. The van der Waals surface area contributed by atoms with E-state index in [1.165, 1.54) is 0 Å². The summed E-state index contributed by atoms with van der Waals surface area (Å²) in [7, 11) is 0. The molecule has 2 rings (SSSR count). The van der Waals surface area contributed by atoms with E-state index < -0.39 is 0 Å². The van der Waals surface area contributed by atoms with Gasteiger partial charge in [-0.05, 0) is 60.3 Å². The van der Waals surface area contributed by atoms with Crippen LogP contribution in [0.15, 0.2) is 24.3 Å². The lowest BCUT2D eigenvalue weighted by molar-refractivity contribution is -0.117. The molecule has 0 spiro atoms. The molecule has 104 valence electrons. The van der Waals surface area contributed by atoms with Crippen LogP contribution in [0, 0.1) is 3.57 Å². The summed E-state index contributed by atoms with van der Waals surface area (Å²) in [5, 5.41) is 6.31. The van der Waals surface area contributed by atoms with E-state index in [0.717, 1.165) is 35.3 Å². The zero-order chi connectivity index (χ0) is 13.7. The Kier molecular flexibility index (Phi) is 5.59. The van der Waals surface area contributed by atoms with Gasteiger partial charge in [0.1, 0.15) is 0 Å². The van der Waals surface area contributed by atoms with Crippen molar-refractivity contribution in [1.82, 2.24) is 10.2 Å². The maximum atomic E-state index is 12.1. The van der Waals surface area contributed by atoms with E-state index in [1.807, 2.05) is 24.3 Å². The van der Waals surface area contributed by atoms with Crippen LogP contribution in [0.25, 0.3) is 0 Å². The summed E-state index contributed by atoms with van der Waals surface area (Å²) in [5.41, 5.74) is 0.873. The molecule has 1 heterocycles. The Morgan fingerprint density at radius 3 is 3.05 bits per heavy atom. The van der Waals surface area contributed by atoms with Crippen molar-refractivity contribution in [1.29, 1.82) is 0 Å². The maximum absolute atomic E-state index is 12.1. The number of carbonyl (C=O) groups is 1. The molecule has 0 aliphatic carbocycles. The zero-order valence-electron chi connectivity index (χ0n) is 11.2. The summed E-state index contributed by atoms with van der Waals surface area (Å²) in [6, 6.07) is 8.36. The van der Waals surface area contributed by atoms with E-state index in [4.69, 9.17) is 0 Å². The van der Waals surface area contributed by atoms with E-state index in [-0.39, 0.29) is 5.91 Å². The number of nitrogens with zero attached hydrogens (tertiary/aromatic N) is 1. The SMILES string of the molecule is CCN(CC(=O)Nc1cccc(I)c1)C1CCNC1. The average molecular weight is 373 g/mol. The van der Waals surface area contributed by atoms with Gasteiger partial charge < -0.3 is 10.6 Å². The Balaban J connectivity index is 1.89. The lowest BCUT2D eigenvalue weighted by Gasteiger charge is -2.26. The van der Waals surface area contributed by atoms with Gasteiger partial charge in [-0.2, -0.15) is 0 Å². The first-order chi connectivity index (χ1) is 9.19. The minimum atomic E-state index is 0.0655. The highest BCUT2D eigenvalue weighted by molar-refractivity contribution is 14.1. The second-order valence-corrected chi connectivity index (χ2v) is 6.01. The Hall–Kier alpha value is -0.660. The van der Waals surface area contributed by atoms with Crippen LogP contribution in [0.2, 0.25) is 0 Å².